The van der Waals surface area contributed by atoms with Gasteiger partial charge in [0.1, 0.15) is 18.8 Å². The Hall–Kier alpha value is -2.54. The minimum Gasteiger partial charge on any atom is -0.480 e. The normalized spacial score (nSPS) is 52.0. The van der Waals surface area contributed by atoms with Gasteiger partial charge in [0, 0.05) is 0 Å². The van der Waals surface area contributed by atoms with Crippen LogP contribution in [0.1, 0.15) is 40.0 Å². The van der Waals surface area contributed by atoms with E-state index in [-0.39, 0.29) is 6.42 Å². The summed E-state index contributed by atoms with van der Waals surface area (Å²) in [5, 5.41) is 33.5. The summed E-state index contributed by atoms with van der Waals surface area (Å²) in [6.45, 7) is 8.40. The molecular weight excluding hydrogens is 492 g/mol. The van der Waals surface area contributed by atoms with Crippen LogP contribution in [-0.4, -0.2) is 87.7 Å². The van der Waals surface area contributed by atoms with Gasteiger partial charge >= 0.3 is 23.9 Å². The summed E-state index contributed by atoms with van der Waals surface area (Å²) in [6, 6.07) is 0. The lowest BCUT2D eigenvalue weighted by Crippen LogP contribution is -2.67. The van der Waals surface area contributed by atoms with E-state index in [0.717, 1.165) is 0 Å². The van der Waals surface area contributed by atoms with Gasteiger partial charge in [-0.2, -0.15) is 0 Å². The van der Waals surface area contributed by atoms with Crippen LogP contribution >= 0.6 is 0 Å². The molecule has 6 aliphatic rings. The molecule has 4 heterocycles. The Balaban J connectivity index is 1.67. The van der Waals surface area contributed by atoms with E-state index in [0.29, 0.717) is 12.8 Å². The number of esters is 3. The molecule has 0 bridgehead atoms. The van der Waals surface area contributed by atoms with E-state index < -0.39 is 100 Å². The van der Waals surface area contributed by atoms with Crippen LogP contribution in [0.5, 0.6) is 0 Å². The SMILES string of the molecule is C=CC(C)(CCC)[C@@H]1CC2OC(=O)[C@]34O[C@H]5OC(=O)[C@@H](OCC(=O)O)C51[C@@]23[C@H](O)[C@H]1OC(=O)C(C)[C@]14O. The van der Waals surface area contributed by atoms with Crippen molar-refractivity contribution in [2.24, 2.45) is 28.1 Å². The second kappa shape index (κ2) is 7.10. The van der Waals surface area contributed by atoms with Gasteiger partial charge in [-0.3, -0.25) is 4.79 Å². The maximum Gasteiger partial charge on any atom is 0.343 e. The number of carbonyl (C=O) groups is 4. The van der Waals surface area contributed by atoms with Crippen LogP contribution in [0.4, 0.5) is 0 Å². The van der Waals surface area contributed by atoms with Gasteiger partial charge in [-0.25, -0.2) is 14.4 Å². The number of aliphatic hydroxyl groups excluding tert-OH is 1. The molecule has 12 nitrogen and oxygen atoms in total. The monoisotopic (exact) mass is 522 g/mol. The summed E-state index contributed by atoms with van der Waals surface area (Å²) >= 11 is 0. The number of allylic oxidation sites excluding steroid dienone is 1. The van der Waals surface area contributed by atoms with E-state index in [2.05, 4.69) is 6.58 Å². The van der Waals surface area contributed by atoms with Crippen molar-refractivity contribution in [3.8, 4) is 0 Å². The maximum atomic E-state index is 13.7. The Morgan fingerprint density at radius 3 is 2.57 bits per heavy atom. The third-order valence-corrected chi connectivity index (χ3v) is 10.3. The lowest BCUT2D eigenvalue weighted by Gasteiger charge is -2.49. The largest absolute Gasteiger partial charge is 0.480 e. The molecule has 0 amide bonds. The van der Waals surface area contributed by atoms with Gasteiger partial charge in [0.05, 0.1) is 16.7 Å². The Morgan fingerprint density at radius 2 is 1.95 bits per heavy atom. The molecule has 6 fully saturated rings. The molecule has 6 rings (SSSR count). The van der Waals surface area contributed by atoms with Crippen LogP contribution in [0, 0.1) is 28.1 Å². The topological polar surface area (TPSA) is 175 Å². The number of hydrogen-bond donors (Lipinski definition) is 3. The number of ether oxygens (including phenoxy) is 5. The van der Waals surface area contributed by atoms with Gasteiger partial charge in [0.2, 0.25) is 11.9 Å². The Labute approximate surface area is 211 Å². The van der Waals surface area contributed by atoms with Crippen molar-refractivity contribution in [3.05, 3.63) is 12.7 Å². The number of fused-ring (bicyclic) bond motifs is 1. The van der Waals surface area contributed by atoms with Crippen molar-refractivity contribution in [2.45, 2.75) is 81.9 Å². The van der Waals surface area contributed by atoms with E-state index in [1.165, 1.54) is 6.92 Å². The number of aliphatic carboxylic acids is 1. The highest BCUT2D eigenvalue weighted by Crippen LogP contribution is 2.85. The van der Waals surface area contributed by atoms with Crippen LogP contribution in [0.2, 0.25) is 0 Å². The van der Waals surface area contributed by atoms with Crippen molar-refractivity contribution < 1.29 is 58.2 Å². The molecule has 0 radical (unpaired) electrons. The molecule has 2 aliphatic carbocycles. The molecule has 3 N–H and O–H groups in total. The van der Waals surface area contributed by atoms with Crippen LogP contribution in [-0.2, 0) is 42.9 Å². The zero-order valence-corrected chi connectivity index (χ0v) is 20.7. The van der Waals surface area contributed by atoms with Crippen molar-refractivity contribution in [1.82, 2.24) is 0 Å². The summed E-state index contributed by atoms with van der Waals surface area (Å²) in [7, 11) is 0. The van der Waals surface area contributed by atoms with Gasteiger partial charge in [0.15, 0.2) is 17.8 Å². The molecule has 4 aliphatic heterocycles. The fourth-order valence-corrected chi connectivity index (χ4v) is 9.15. The molecule has 0 aromatic heterocycles. The zero-order chi connectivity index (χ0) is 26.9. The van der Waals surface area contributed by atoms with Crippen LogP contribution < -0.4 is 0 Å². The third kappa shape index (κ3) is 2.17. The minimum absolute atomic E-state index is 0.127. The lowest BCUT2D eigenvalue weighted by molar-refractivity contribution is -0.239. The van der Waals surface area contributed by atoms with Crippen molar-refractivity contribution in [1.29, 1.82) is 0 Å². The number of carboxylic acids is 1. The van der Waals surface area contributed by atoms with E-state index in [1.807, 2.05) is 13.8 Å². The number of aliphatic hydroxyl groups is 2. The second-order valence-corrected chi connectivity index (χ2v) is 11.4. The van der Waals surface area contributed by atoms with E-state index in [9.17, 15) is 34.5 Å². The molecule has 4 unspecified atom stereocenters. The fraction of sp³-hybridized carbons (Fsp3) is 0.760. The molecular formula is C25H30O12. The number of carbonyl (C=O) groups excluding carboxylic acids is 3. The first-order valence-corrected chi connectivity index (χ1v) is 12.5. The first-order chi connectivity index (χ1) is 17.4. The highest BCUT2D eigenvalue weighted by Gasteiger charge is 3.04. The Kier molecular flexibility index (Phi) is 4.76. The quantitative estimate of drug-likeness (QED) is 0.226. The molecule has 2 spiro atoms. The number of rotatable bonds is 7. The zero-order valence-electron chi connectivity index (χ0n) is 20.7. The molecule has 4 saturated heterocycles. The second-order valence-electron chi connectivity index (χ2n) is 11.4. The average Bonchev–Trinajstić information content (AvgIpc) is 3.55. The Morgan fingerprint density at radius 1 is 1.24 bits per heavy atom. The van der Waals surface area contributed by atoms with Gasteiger partial charge in [0.25, 0.3) is 0 Å². The standard InChI is InChI=1S/C25H30O12/c1-5-7-21(4,6-2)11-8-12-23-14(28)15-24(32,10(3)17(29)35-15)25(23,19(31)34-12)37-20-22(11,23)16(18(30)36-20)33-9-13(26)27/h6,10-12,14-16,20,28,32H,2,5,7-9H2,1,3-4H3,(H,26,27)/t10?,11-,12?,14+,15+,16+,20+,21?,22?,23-,24-,25-/m0/s1. The van der Waals surface area contributed by atoms with Crippen molar-refractivity contribution in [3.63, 3.8) is 0 Å². The highest BCUT2D eigenvalue weighted by molar-refractivity contribution is 5.94. The smallest absolute Gasteiger partial charge is 0.343 e. The van der Waals surface area contributed by atoms with E-state index >= 15 is 0 Å². The summed E-state index contributed by atoms with van der Waals surface area (Å²) in [5.74, 6) is -6.00. The maximum absolute atomic E-state index is 13.7. The van der Waals surface area contributed by atoms with Gasteiger partial charge < -0.3 is 39.0 Å². The minimum atomic E-state index is -2.35. The van der Waals surface area contributed by atoms with Crippen LogP contribution in [0.25, 0.3) is 0 Å². The summed E-state index contributed by atoms with van der Waals surface area (Å²) in [5.41, 5.74) is -8.95. The average molecular weight is 523 g/mol. The molecule has 202 valence electrons. The van der Waals surface area contributed by atoms with Crippen molar-refractivity contribution >= 4 is 23.9 Å². The van der Waals surface area contributed by atoms with Gasteiger partial charge in [-0.15, -0.1) is 6.58 Å². The van der Waals surface area contributed by atoms with Crippen LogP contribution in [0.15, 0.2) is 12.7 Å². The molecule has 12 heteroatoms. The molecule has 2 saturated carbocycles. The van der Waals surface area contributed by atoms with Crippen LogP contribution in [0.3, 0.4) is 0 Å². The summed E-state index contributed by atoms with van der Waals surface area (Å²) < 4.78 is 28.9. The highest BCUT2D eigenvalue weighted by atomic mass is 16.8. The summed E-state index contributed by atoms with van der Waals surface area (Å²) in [6.07, 6.45) is -4.30. The first-order valence-electron chi connectivity index (χ1n) is 12.5. The molecule has 0 aromatic rings. The predicted molar refractivity (Wildman–Crippen MR) is 117 cm³/mol. The molecule has 12 atom stereocenters. The predicted octanol–water partition coefficient (Wildman–Crippen LogP) is -0.314. The van der Waals surface area contributed by atoms with E-state index in [4.69, 9.17) is 23.7 Å². The van der Waals surface area contributed by atoms with Gasteiger partial charge in [-0.05, 0) is 31.1 Å². The lowest BCUT2D eigenvalue weighted by atomic mass is 9.50. The summed E-state index contributed by atoms with van der Waals surface area (Å²) in [4.78, 5) is 51.1. The first kappa shape index (κ1) is 24.8. The number of carboxylic acid groups (broad SMARTS) is 1. The fourth-order valence-electron chi connectivity index (χ4n) is 9.15. The third-order valence-electron chi connectivity index (χ3n) is 10.3. The molecule has 0 aromatic carbocycles. The van der Waals surface area contributed by atoms with E-state index in [1.54, 1.807) is 6.08 Å². The van der Waals surface area contributed by atoms with Gasteiger partial charge in [-0.1, -0.05) is 26.3 Å². The Bertz CT molecular complexity index is 1140. The number of hydrogen-bond acceptors (Lipinski definition) is 11. The molecule has 37 heavy (non-hydrogen) atoms. The van der Waals surface area contributed by atoms with Crippen molar-refractivity contribution in [2.75, 3.05) is 6.61 Å².